The first-order chi connectivity index (χ1) is 12.7. The van der Waals surface area contributed by atoms with Crippen LogP contribution in [-0.4, -0.2) is 21.9 Å². The summed E-state index contributed by atoms with van der Waals surface area (Å²) in [6.45, 7) is 1.61. The summed E-state index contributed by atoms with van der Waals surface area (Å²) in [5.74, 6) is 0.845. The van der Waals surface area contributed by atoms with Gasteiger partial charge in [-0.1, -0.05) is 48.5 Å². The van der Waals surface area contributed by atoms with Gasteiger partial charge < -0.3 is 9.47 Å². The normalized spacial score (nSPS) is 22.3. The fourth-order valence-electron chi connectivity index (χ4n) is 5.07. The van der Waals surface area contributed by atoms with E-state index in [0.717, 1.165) is 32.4 Å². The van der Waals surface area contributed by atoms with Gasteiger partial charge in [0.2, 0.25) is 5.91 Å². The molecule has 0 spiro atoms. The molecule has 3 aromatic rings. The Morgan fingerprint density at radius 2 is 1.77 bits per heavy atom. The first-order valence-corrected chi connectivity index (χ1v) is 9.63. The summed E-state index contributed by atoms with van der Waals surface area (Å²) in [6, 6.07) is 18.9. The van der Waals surface area contributed by atoms with E-state index in [4.69, 9.17) is 0 Å². The Morgan fingerprint density at radius 3 is 2.62 bits per heavy atom. The topological polar surface area (TPSA) is 25.2 Å². The molecule has 2 aliphatic rings. The van der Waals surface area contributed by atoms with Gasteiger partial charge in [0.25, 0.3) is 0 Å². The van der Waals surface area contributed by atoms with E-state index in [1.165, 1.54) is 27.7 Å². The minimum atomic E-state index is 0.0299. The minimum absolute atomic E-state index is 0.0299. The summed E-state index contributed by atoms with van der Waals surface area (Å²) in [6.07, 6.45) is 3.34. The molecule has 0 bridgehead atoms. The lowest BCUT2D eigenvalue weighted by atomic mass is 9.72. The number of hydrogen-bond acceptors (Lipinski definition) is 1. The Kier molecular flexibility index (Phi) is 3.63. The molecule has 26 heavy (non-hydrogen) atoms. The molecule has 2 heterocycles. The number of piperidine rings is 1. The quantitative estimate of drug-likeness (QED) is 0.682. The molecule has 1 aliphatic heterocycles. The van der Waals surface area contributed by atoms with Crippen LogP contribution in [0.1, 0.15) is 35.6 Å². The number of likely N-dealkylation sites (tertiary alicyclic amines) is 1. The van der Waals surface area contributed by atoms with Crippen LogP contribution in [-0.2, 0) is 24.8 Å². The zero-order chi connectivity index (χ0) is 17.7. The average molecular weight is 344 g/mol. The fraction of sp³-hybridized carbons (Fsp3) is 0.348. The number of aromatic nitrogens is 1. The highest BCUT2D eigenvalue weighted by atomic mass is 16.2. The van der Waals surface area contributed by atoms with E-state index in [9.17, 15) is 4.79 Å². The molecule has 0 N–H and O–H groups in total. The maximum Gasteiger partial charge on any atom is 0.230 e. The van der Waals surface area contributed by atoms with Crippen LogP contribution in [0.3, 0.4) is 0 Å². The fourth-order valence-corrected chi connectivity index (χ4v) is 5.07. The molecule has 2 atom stereocenters. The second-order valence-electron chi connectivity index (χ2n) is 7.75. The summed E-state index contributed by atoms with van der Waals surface area (Å²) in [5, 5.41) is 1.27. The zero-order valence-electron chi connectivity index (χ0n) is 15.2. The van der Waals surface area contributed by atoms with Crippen molar-refractivity contribution in [3.05, 3.63) is 71.4 Å². The van der Waals surface area contributed by atoms with Gasteiger partial charge >= 0.3 is 0 Å². The van der Waals surface area contributed by atoms with Gasteiger partial charge in [0.15, 0.2) is 0 Å². The van der Waals surface area contributed by atoms with Gasteiger partial charge in [0, 0.05) is 36.7 Å². The molecule has 0 saturated carbocycles. The van der Waals surface area contributed by atoms with Crippen molar-refractivity contribution in [1.29, 1.82) is 0 Å². The Labute approximate surface area is 154 Å². The summed E-state index contributed by atoms with van der Waals surface area (Å²) in [5.41, 5.74) is 5.14. The molecule has 3 heteroatoms. The average Bonchev–Trinajstić information content (AvgIpc) is 2.98. The van der Waals surface area contributed by atoms with Crippen LogP contribution in [0.2, 0.25) is 0 Å². The number of benzene rings is 2. The molecule has 3 nitrogen and oxygen atoms in total. The van der Waals surface area contributed by atoms with E-state index in [2.05, 4.69) is 65.0 Å². The highest BCUT2D eigenvalue weighted by Gasteiger charge is 2.42. The molecule has 2 aromatic carbocycles. The van der Waals surface area contributed by atoms with Crippen LogP contribution in [0.15, 0.2) is 54.6 Å². The number of rotatable bonds is 2. The van der Waals surface area contributed by atoms with E-state index in [1.807, 2.05) is 6.07 Å². The lowest BCUT2D eigenvalue weighted by molar-refractivity contribution is -0.138. The first-order valence-electron chi connectivity index (χ1n) is 9.63. The molecule has 1 aromatic heterocycles. The van der Waals surface area contributed by atoms with E-state index < -0.39 is 0 Å². The first kappa shape index (κ1) is 15.7. The molecular weight excluding hydrogens is 320 g/mol. The standard InChI is InChI=1S/C23H24N2O/c1-24-19-10-6-5-9-18(19)22-20(24)12-11-17-13-14-25(23(26)21(17)22)15-16-7-3-2-4-8-16/h2-10,17,21H,11-15H2,1H3/t17-,21+/m0/s1. The van der Waals surface area contributed by atoms with Gasteiger partial charge in [-0.15, -0.1) is 0 Å². The van der Waals surface area contributed by atoms with Crippen molar-refractivity contribution >= 4 is 16.8 Å². The molecule has 1 aliphatic carbocycles. The van der Waals surface area contributed by atoms with Gasteiger partial charge in [-0.2, -0.15) is 0 Å². The Bertz CT molecular complexity index is 973. The smallest absolute Gasteiger partial charge is 0.230 e. The summed E-state index contributed by atoms with van der Waals surface area (Å²) < 4.78 is 2.31. The number of para-hydroxylation sites is 1. The van der Waals surface area contributed by atoms with Gasteiger partial charge in [-0.25, -0.2) is 0 Å². The maximum atomic E-state index is 13.5. The van der Waals surface area contributed by atoms with Crippen molar-refractivity contribution in [3.63, 3.8) is 0 Å². The lowest BCUT2D eigenvalue weighted by Gasteiger charge is -2.41. The van der Waals surface area contributed by atoms with Crippen molar-refractivity contribution in [1.82, 2.24) is 9.47 Å². The Balaban J connectivity index is 1.56. The van der Waals surface area contributed by atoms with Gasteiger partial charge in [-0.3, -0.25) is 4.79 Å². The minimum Gasteiger partial charge on any atom is -0.347 e. The number of amides is 1. The summed E-state index contributed by atoms with van der Waals surface area (Å²) >= 11 is 0. The van der Waals surface area contributed by atoms with E-state index in [1.54, 1.807) is 0 Å². The molecular formula is C23H24N2O. The van der Waals surface area contributed by atoms with E-state index in [-0.39, 0.29) is 5.92 Å². The van der Waals surface area contributed by atoms with Crippen LogP contribution in [0.4, 0.5) is 0 Å². The highest BCUT2D eigenvalue weighted by molar-refractivity contribution is 5.94. The molecule has 132 valence electrons. The van der Waals surface area contributed by atoms with Crippen molar-refractivity contribution in [3.8, 4) is 0 Å². The van der Waals surface area contributed by atoms with Crippen molar-refractivity contribution in [2.45, 2.75) is 31.7 Å². The number of aryl methyl sites for hydroxylation is 1. The second kappa shape index (κ2) is 6.01. The van der Waals surface area contributed by atoms with Crippen molar-refractivity contribution in [2.24, 2.45) is 13.0 Å². The monoisotopic (exact) mass is 344 g/mol. The number of fused-ring (bicyclic) bond motifs is 5. The number of hydrogen-bond donors (Lipinski definition) is 0. The summed E-state index contributed by atoms with van der Waals surface area (Å²) in [7, 11) is 2.15. The van der Waals surface area contributed by atoms with E-state index in [0.29, 0.717) is 11.8 Å². The third-order valence-corrected chi connectivity index (χ3v) is 6.37. The third-order valence-electron chi connectivity index (χ3n) is 6.37. The SMILES string of the molecule is Cn1c2c(c3ccccc31)[C@@H]1C(=O)N(Cc3ccccc3)CC[C@@H]1CC2. The van der Waals surface area contributed by atoms with Crippen molar-refractivity contribution in [2.75, 3.05) is 6.54 Å². The van der Waals surface area contributed by atoms with Crippen LogP contribution in [0, 0.1) is 5.92 Å². The van der Waals surface area contributed by atoms with E-state index >= 15 is 0 Å². The Hall–Kier alpha value is -2.55. The van der Waals surface area contributed by atoms with Crippen LogP contribution in [0.5, 0.6) is 0 Å². The molecule has 0 radical (unpaired) electrons. The third kappa shape index (κ3) is 2.30. The predicted molar refractivity (Wildman–Crippen MR) is 104 cm³/mol. The molecule has 1 fully saturated rings. The molecule has 5 rings (SSSR count). The zero-order valence-corrected chi connectivity index (χ0v) is 15.2. The highest BCUT2D eigenvalue weighted by Crippen LogP contribution is 2.46. The van der Waals surface area contributed by atoms with Gasteiger partial charge in [0.05, 0.1) is 5.92 Å². The largest absolute Gasteiger partial charge is 0.347 e. The predicted octanol–water partition coefficient (Wildman–Crippen LogP) is 4.26. The molecule has 1 amide bonds. The Morgan fingerprint density at radius 1 is 1.00 bits per heavy atom. The number of nitrogens with zero attached hydrogens (tertiary/aromatic N) is 2. The summed E-state index contributed by atoms with van der Waals surface area (Å²) in [4.78, 5) is 15.6. The van der Waals surface area contributed by atoms with Crippen LogP contribution >= 0.6 is 0 Å². The maximum absolute atomic E-state index is 13.5. The second-order valence-corrected chi connectivity index (χ2v) is 7.75. The van der Waals surface area contributed by atoms with Gasteiger partial charge in [0.1, 0.15) is 0 Å². The van der Waals surface area contributed by atoms with Crippen molar-refractivity contribution < 1.29 is 4.79 Å². The van der Waals surface area contributed by atoms with Crippen LogP contribution in [0.25, 0.3) is 10.9 Å². The number of carbonyl (C=O) groups excluding carboxylic acids is 1. The number of carbonyl (C=O) groups is 1. The molecule has 0 unspecified atom stereocenters. The van der Waals surface area contributed by atoms with Crippen LogP contribution < -0.4 is 0 Å². The molecule has 1 saturated heterocycles. The van der Waals surface area contributed by atoms with Gasteiger partial charge in [-0.05, 0) is 42.4 Å². The lowest BCUT2D eigenvalue weighted by Crippen LogP contribution is -2.45.